The highest BCUT2D eigenvalue weighted by molar-refractivity contribution is 5.59. The topological polar surface area (TPSA) is 32.7 Å². The van der Waals surface area contributed by atoms with E-state index in [1.807, 2.05) is 0 Å². The maximum atomic E-state index is 14.6. The lowest BCUT2D eigenvalue weighted by molar-refractivity contribution is -0.336. The second-order valence-electron chi connectivity index (χ2n) is 5.92. The van der Waals surface area contributed by atoms with Crippen LogP contribution in [0.25, 0.3) is 0 Å². The van der Waals surface area contributed by atoms with E-state index >= 15 is 0 Å². The highest BCUT2D eigenvalue weighted by Crippen LogP contribution is 2.53. The summed E-state index contributed by atoms with van der Waals surface area (Å²) in [5.74, 6) is -5.19. The van der Waals surface area contributed by atoms with Gasteiger partial charge in [0, 0.05) is 25.3 Å². The molecule has 1 unspecified atom stereocenters. The van der Waals surface area contributed by atoms with Crippen LogP contribution >= 0.6 is 0 Å². The summed E-state index contributed by atoms with van der Waals surface area (Å²) < 4.78 is 73.7. The molecule has 0 aliphatic heterocycles. The number of anilines is 1. The zero-order valence-electron chi connectivity index (χ0n) is 14.3. The van der Waals surface area contributed by atoms with Gasteiger partial charge >= 0.3 is 12.1 Å². The summed E-state index contributed by atoms with van der Waals surface area (Å²) in [5.41, 5.74) is -4.75. The molecule has 0 aliphatic carbocycles. The Kier molecular flexibility index (Phi) is 5.19. The van der Waals surface area contributed by atoms with Crippen LogP contribution in [0, 0.1) is 0 Å². The van der Waals surface area contributed by atoms with Gasteiger partial charge in [0.25, 0.3) is 0 Å². The monoisotopic (exact) mass is 375 g/mol. The van der Waals surface area contributed by atoms with Crippen LogP contribution in [0.15, 0.2) is 48.5 Å². The average molecular weight is 375 g/mol. The number of hydrogen-bond donors (Lipinski definition) is 1. The number of ether oxygens (including phenoxy) is 1. The minimum absolute atomic E-state index is 0.0368. The minimum atomic E-state index is -5.97. The molecule has 0 radical (unpaired) electrons. The smallest absolute Gasteiger partial charge is 0.457 e. The molecule has 2 aromatic rings. The molecular weight excluding hydrogens is 357 g/mol. The van der Waals surface area contributed by atoms with Crippen LogP contribution < -0.4 is 9.64 Å². The van der Waals surface area contributed by atoms with Crippen molar-refractivity contribution in [2.24, 2.45) is 0 Å². The van der Waals surface area contributed by atoms with Gasteiger partial charge in [-0.05, 0) is 23.8 Å². The van der Waals surface area contributed by atoms with Gasteiger partial charge in [0.15, 0.2) is 5.60 Å². The predicted octanol–water partition coefficient (Wildman–Crippen LogP) is 4.19. The SMILES string of the molecule is COc1ccc(C(O)(c2ccccc2N(C)C)C(F)(F)C(F)(F)F)cc1. The molecule has 0 saturated heterocycles. The number of halogens is 5. The largest absolute Gasteiger partial charge is 0.497 e. The zero-order valence-corrected chi connectivity index (χ0v) is 14.3. The molecule has 0 spiro atoms. The summed E-state index contributed by atoms with van der Waals surface area (Å²) in [6.07, 6.45) is -5.97. The predicted molar refractivity (Wildman–Crippen MR) is 87.8 cm³/mol. The van der Waals surface area contributed by atoms with Gasteiger partial charge in [-0.3, -0.25) is 0 Å². The summed E-state index contributed by atoms with van der Waals surface area (Å²) in [4.78, 5) is 1.36. The molecule has 3 nitrogen and oxygen atoms in total. The second-order valence-corrected chi connectivity index (χ2v) is 5.92. The lowest BCUT2D eigenvalue weighted by Gasteiger charge is -2.39. The molecule has 1 atom stereocenters. The Morgan fingerprint density at radius 3 is 1.88 bits per heavy atom. The molecule has 142 valence electrons. The molecular formula is C18H18F5NO2. The van der Waals surface area contributed by atoms with Gasteiger partial charge in [0.1, 0.15) is 5.75 Å². The average Bonchev–Trinajstić information content (AvgIpc) is 2.60. The van der Waals surface area contributed by atoms with Crippen LogP contribution in [-0.2, 0) is 5.60 Å². The number of benzene rings is 2. The van der Waals surface area contributed by atoms with E-state index in [2.05, 4.69) is 0 Å². The standard InChI is InChI=1S/C18H18F5NO2/c1-24(2)15-7-5-4-6-14(15)16(25,17(19,20)18(21,22)23)12-8-10-13(26-3)11-9-12/h4-11,25H,1-3H3. The Morgan fingerprint density at radius 2 is 1.42 bits per heavy atom. The van der Waals surface area contributed by atoms with Crippen molar-refractivity contribution in [2.45, 2.75) is 17.7 Å². The van der Waals surface area contributed by atoms with Crippen molar-refractivity contribution in [3.63, 3.8) is 0 Å². The Labute approximate surface area is 147 Å². The molecule has 0 aromatic heterocycles. The summed E-state index contributed by atoms with van der Waals surface area (Å²) in [7, 11) is 4.30. The molecule has 8 heteroatoms. The molecule has 0 saturated carbocycles. The van der Waals surface area contributed by atoms with Crippen molar-refractivity contribution in [2.75, 3.05) is 26.1 Å². The van der Waals surface area contributed by atoms with E-state index in [4.69, 9.17) is 4.74 Å². The first-order valence-corrected chi connectivity index (χ1v) is 7.55. The third kappa shape index (κ3) is 3.09. The number of hydrogen-bond acceptors (Lipinski definition) is 3. The van der Waals surface area contributed by atoms with Crippen molar-refractivity contribution < 1.29 is 31.8 Å². The van der Waals surface area contributed by atoms with E-state index in [9.17, 15) is 27.1 Å². The number of nitrogens with zero attached hydrogens (tertiary/aromatic N) is 1. The summed E-state index contributed by atoms with van der Waals surface area (Å²) >= 11 is 0. The van der Waals surface area contributed by atoms with Gasteiger partial charge in [0.2, 0.25) is 0 Å². The van der Waals surface area contributed by atoms with Crippen LogP contribution in [0.4, 0.5) is 27.6 Å². The molecule has 0 fully saturated rings. The maximum Gasteiger partial charge on any atom is 0.457 e. The van der Waals surface area contributed by atoms with Crippen molar-refractivity contribution in [3.8, 4) is 5.75 Å². The fourth-order valence-electron chi connectivity index (χ4n) is 2.71. The van der Waals surface area contributed by atoms with Gasteiger partial charge < -0.3 is 14.7 Å². The molecule has 0 aliphatic rings. The molecule has 0 heterocycles. The fourth-order valence-corrected chi connectivity index (χ4v) is 2.71. The number of rotatable bonds is 5. The quantitative estimate of drug-likeness (QED) is 0.796. The Morgan fingerprint density at radius 1 is 0.885 bits per heavy atom. The molecule has 0 amide bonds. The van der Waals surface area contributed by atoms with Crippen LogP contribution in [0.5, 0.6) is 5.75 Å². The molecule has 26 heavy (non-hydrogen) atoms. The lowest BCUT2D eigenvalue weighted by Crippen LogP contribution is -2.56. The van der Waals surface area contributed by atoms with Crippen molar-refractivity contribution in [1.82, 2.24) is 0 Å². The van der Waals surface area contributed by atoms with Crippen LogP contribution in [-0.4, -0.2) is 38.4 Å². The Hall–Kier alpha value is -2.35. The highest BCUT2D eigenvalue weighted by atomic mass is 19.4. The molecule has 1 N–H and O–H groups in total. The van der Waals surface area contributed by atoms with Gasteiger partial charge in [0.05, 0.1) is 7.11 Å². The van der Waals surface area contributed by atoms with Gasteiger partial charge in [-0.1, -0.05) is 30.3 Å². The molecule has 2 rings (SSSR count). The highest BCUT2D eigenvalue weighted by Gasteiger charge is 2.71. The van der Waals surface area contributed by atoms with E-state index in [-0.39, 0.29) is 11.4 Å². The third-order valence-corrected chi connectivity index (χ3v) is 4.09. The normalized spacial score (nSPS) is 14.7. The van der Waals surface area contributed by atoms with Gasteiger partial charge in [-0.25, -0.2) is 0 Å². The van der Waals surface area contributed by atoms with Crippen LogP contribution in [0.3, 0.4) is 0 Å². The Balaban J connectivity index is 2.83. The van der Waals surface area contributed by atoms with Crippen LogP contribution in [0.1, 0.15) is 11.1 Å². The van der Waals surface area contributed by atoms with E-state index in [0.717, 1.165) is 18.2 Å². The zero-order chi connectivity index (χ0) is 19.8. The first-order chi connectivity index (χ1) is 12.0. The summed E-state index contributed by atoms with van der Waals surface area (Å²) in [5, 5.41) is 10.9. The third-order valence-electron chi connectivity index (χ3n) is 4.09. The van der Waals surface area contributed by atoms with Crippen molar-refractivity contribution in [3.05, 3.63) is 59.7 Å². The second kappa shape index (κ2) is 6.75. The molecule has 2 aromatic carbocycles. The first kappa shape index (κ1) is 20.0. The summed E-state index contributed by atoms with van der Waals surface area (Å²) in [6.45, 7) is 0. The number of alkyl halides is 5. The number of para-hydroxylation sites is 1. The van der Waals surface area contributed by atoms with Gasteiger partial charge in [-0.15, -0.1) is 0 Å². The van der Waals surface area contributed by atoms with E-state index in [1.165, 1.54) is 56.4 Å². The van der Waals surface area contributed by atoms with E-state index < -0.39 is 28.8 Å². The van der Waals surface area contributed by atoms with Crippen molar-refractivity contribution >= 4 is 5.69 Å². The fraction of sp³-hybridized carbons (Fsp3) is 0.333. The molecule has 0 bridgehead atoms. The van der Waals surface area contributed by atoms with E-state index in [0.29, 0.717) is 0 Å². The number of methoxy groups -OCH3 is 1. The van der Waals surface area contributed by atoms with Crippen LogP contribution in [0.2, 0.25) is 0 Å². The maximum absolute atomic E-state index is 14.6. The number of aliphatic hydroxyl groups is 1. The van der Waals surface area contributed by atoms with E-state index in [1.54, 1.807) is 0 Å². The summed E-state index contributed by atoms with van der Waals surface area (Å²) in [6, 6.07) is 9.60. The first-order valence-electron chi connectivity index (χ1n) is 7.55. The minimum Gasteiger partial charge on any atom is -0.497 e. The van der Waals surface area contributed by atoms with Gasteiger partial charge in [-0.2, -0.15) is 22.0 Å². The lowest BCUT2D eigenvalue weighted by atomic mass is 9.79. The Bertz CT molecular complexity index is 759. The van der Waals surface area contributed by atoms with Crippen molar-refractivity contribution in [1.29, 1.82) is 0 Å².